The Kier molecular flexibility index (Phi) is 4.13. The number of aliphatic hydroxyl groups excluding tert-OH is 1. The second kappa shape index (κ2) is 4.06. The van der Waals surface area contributed by atoms with E-state index in [0.717, 1.165) is 6.04 Å². The van der Waals surface area contributed by atoms with Crippen molar-refractivity contribution in [2.75, 3.05) is 0 Å². The lowest BCUT2D eigenvalue weighted by molar-refractivity contribution is -0.0414. The lowest BCUT2D eigenvalue weighted by Gasteiger charge is -2.03. The average Bonchev–Trinajstić information content (AvgIpc) is 1.61. The Morgan fingerprint density at radius 2 is 1.88 bits per heavy atom. The zero-order valence-corrected chi connectivity index (χ0v) is 6.62. The van der Waals surface area contributed by atoms with E-state index in [-0.39, 0.29) is 0 Å². The van der Waals surface area contributed by atoms with Crippen molar-refractivity contribution in [3.05, 3.63) is 0 Å². The van der Waals surface area contributed by atoms with Gasteiger partial charge in [0.25, 0.3) is 0 Å². The molecule has 0 atom stereocenters. The van der Waals surface area contributed by atoms with Gasteiger partial charge in [-0.2, -0.15) is 0 Å². The maximum Gasteiger partial charge on any atom is 0.151 e. The molecule has 0 saturated heterocycles. The first-order chi connectivity index (χ1) is 3.63. The summed E-state index contributed by atoms with van der Waals surface area (Å²) >= 11 is 0. The lowest BCUT2D eigenvalue weighted by Crippen LogP contribution is -2.08. The first-order valence-corrected chi connectivity index (χ1v) is 6.11. The van der Waals surface area contributed by atoms with Crippen LogP contribution in [-0.4, -0.2) is 25.3 Å². The molecule has 2 N–H and O–H groups in total. The fraction of sp³-hybridized carbons (Fsp3) is 1.00. The minimum atomic E-state index is -1.08. The molecular weight excluding hydrogens is 120 g/mol. The van der Waals surface area contributed by atoms with Crippen LogP contribution in [0.15, 0.2) is 0 Å². The molecule has 0 aliphatic heterocycles. The van der Waals surface area contributed by atoms with Crippen LogP contribution in [0.25, 0.3) is 0 Å². The summed E-state index contributed by atoms with van der Waals surface area (Å²) in [6.45, 7) is 4.39. The molecule has 0 spiro atoms. The molecule has 0 heterocycles. The highest BCUT2D eigenvalue weighted by molar-refractivity contribution is 6.55. The first-order valence-electron chi connectivity index (χ1n) is 2.99. The third-order valence-corrected chi connectivity index (χ3v) is 2.49. The molecule has 0 aromatic carbocycles. The highest BCUT2D eigenvalue weighted by Crippen LogP contribution is 1.98. The van der Waals surface area contributed by atoms with Crippen LogP contribution in [0.3, 0.4) is 0 Å². The van der Waals surface area contributed by atoms with Crippen molar-refractivity contribution in [3.63, 3.8) is 0 Å². The Hall–Kier alpha value is 0.137. The summed E-state index contributed by atoms with van der Waals surface area (Å²) < 4.78 is 0. The van der Waals surface area contributed by atoms with Crippen molar-refractivity contribution in [1.29, 1.82) is 0 Å². The molecule has 0 fully saturated rings. The van der Waals surface area contributed by atoms with Gasteiger partial charge in [-0.1, -0.05) is 19.1 Å². The summed E-state index contributed by atoms with van der Waals surface area (Å²) in [5.41, 5.74) is 0. The van der Waals surface area contributed by atoms with Gasteiger partial charge in [0.15, 0.2) is 6.29 Å². The van der Waals surface area contributed by atoms with Gasteiger partial charge in [0.2, 0.25) is 0 Å². The Morgan fingerprint density at radius 3 is 2.00 bits per heavy atom. The quantitative estimate of drug-likeness (QED) is 0.427. The van der Waals surface area contributed by atoms with E-state index >= 15 is 0 Å². The molecule has 3 heteroatoms. The highest BCUT2D eigenvalue weighted by atomic mass is 28.3. The van der Waals surface area contributed by atoms with E-state index in [0.29, 0.717) is 6.42 Å². The second-order valence-corrected chi connectivity index (χ2v) is 5.82. The predicted octanol–water partition coefficient (Wildman–Crippen LogP) is 0.174. The third-order valence-electron chi connectivity index (χ3n) is 1.00. The minimum Gasteiger partial charge on any atom is -0.368 e. The number of aliphatic hydroxyl groups is 2. The van der Waals surface area contributed by atoms with Gasteiger partial charge >= 0.3 is 0 Å². The minimum absolute atomic E-state index is 0.547. The summed E-state index contributed by atoms with van der Waals surface area (Å²) in [4.78, 5) is 0. The number of hydrogen-bond acceptors (Lipinski definition) is 2. The van der Waals surface area contributed by atoms with Crippen molar-refractivity contribution in [1.82, 2.24) is 0 Å². The molecule has 2 nitrogen and oxygen atoms in total. The van der Waals surface area contributed by atoms with E-state index in [9.17, 15) is 0 Å². The molecule has 0 aromatic rings. The van der Waals surface area contributed by atoms with Crippen molar-refractivity contribution >= 4 is 8.80 Å². The summed E-state index contributed by atoms with van der Waals surface area (Å²) in [5.74, 6) is 0. The molecular formula is C5H14O2Si. The highest BCUT2D eigenvalue weighted by Gasteiger charge is 1.99. The Balaban J connectivity index is 2.93. The van der Waals surface area contributed by atoms with Gasteiger partial charge < -0.3 is 10.2 Å². The molecule has 0 rings (SSSR count). The first kappa shape index (κ1) is 8.14. The topological polar surface area (TPSA) is 40.5 Å². The van der Waals surface area contributed by atoms with E-state index in [1.54, 1.807) is 0 Å². The van der Waals surface area contributed by atoms with Gasteiger partial charge in [0, 0.05) is 8.80 Å². The van der Waals surface area contributed by atoms with Crippen LogP contribution in [0.5, 0.6) is 0 Å². The van der Waals surface area contributed by atoms with Crippen LogP contribution in [-0.2, 0) is 0 Å². The molecule has 0 aliphatic carbocycles. The van der Waals surface area contributed by atoms with E-state index in [1.165, 1.54) is 0 Å². The van der Waals surface area contributed by atoms with Gasteiger partial charge in [-0.25, -0.2) is 0 Å². The Morgan fingerprint density at radius 1 is 1.38 bits per heavy atom. The normalized spacial score (nSPS) is 11.2. The molecule has 0 bridgehead atoms. The van der Waals surface area contributed by atoms with Crippen LogP contribution in [0.4, 0.5) is 0 Å². The van der Waals surface area contributed by atoms with Crippen LogP contribution < -0.4 is 0 Å². The van der Waals surface area contributed by atoms with E-state index in [2.05, 4.69) is 13.1 Å². The predicted molar refractivity (Wildman–Crippen MR) is 36.5 cm³/mol. The zero-order valence-electron chi connectivity index (χ0n) is 5.46. The molecule has 0 aliphatic rings. The second-order valence-electron chi connectivity index (χ2n) is 2.45. The van der Waals surface area contributed by atoms with Crippen LogP contribution in [0, 0.1) is 0 Å². The smallest absolute Gasteiger partial charge is 0.151 e. The Bertz CT molecular complexity index is 46.4. The number of hydrogen-bond donors (Lipinski definition) is 2. The van der Waals surface area contributed by atoms with E-state index in [4.69, 9.17) is 10.2 Å². The summed E-state index contributed by atoms with van der Waals surface area (Å²) in [6.07, 6.45) is -0.519. The molecule has 0 unspecified atom stereocenters. The van der Waals surface area contributed by atoms with Gasteiger partial charge in [-0.3, -0.25) is 0 Å². The maximum absolute atomic E-state index is 8.38. The van der Waals surface area contributed by atoms with Gasteiger partial charge in [0.1, 0.15) is 0 Å². The van der Waals surface area contributed by atoms with Crippen molar-refractivity contribution in [2.45, 2.75) is 31.8 Å². The van der Waals surface area contributed by atoms with E-state index < -0.39 is 15.1 Å². The fourth-order valence-electron chi connectivity index (χ4n) is 0.482. The largest absolute Gasteiger partial charge is 0.368 e. The molecule has 0 amide bonds. The average molecular weight is 134 g/mol. The van der Waals surface area contributed by atoms with Crippen LogP contribution >= 0.6 is 0 Å². The van der Waals surface area contributed by atoms with Crippen molar-refractivity contribution in [3.8, 4) is 0 Å². The molecule has 0 saturated carbocycles. The molecule has 50 valence electrons. The molecule has 0 aromatic heterocycles. The van der Waals surface area contributed by atoms with E-state index in [1.807, 2.05) is 0 Å². The summed E-state index contributed by atoms with van der Waals surface area (Å²) in [6, 6.07) is 1.03. The maximum atomic E-state index is 8.38. The molecule has 0 radical (unpaired) electrons. The van der Waals surface area contributed by atoms with Gasteiger partial charge in [-0.15, -0.1) is 0 Å². The summed E-state index contributed by atoms with van der Waals surface area (Å²) in [5, 5.41) is 16.8. The fourth-order valence-corrected chi connectivity index (χ4v) is 1.45. The standard InChI is InChI=1S/C5H14O2Si/c1-8(2)4-3-5(6)7/h5-8H,3-4H2,1-2H3. The Labute approximate surface area is 51.8 Å². The van der Waals surface area contributed by atoms with Crippen LogP contribution in [0.1, 0.15) is 6.42 Å². The van der Waals surface area contributed by atoms with Gasteiger partial charge in [-0.05, 0) is 6.42 Å². The third kappa shape index (κ3) is 6.14. The van der Waals surface area contributed by atoms with Crippen LogP contribution in [0.2, 0.25) is 19.1 Å². The van der Waals surface area contributed by atoms with Gasteiger partial charge in [0.05, 0.1) is 0 Å². The molecule has 8 heavy (non-hydrogen) atoms. The SMILES string of the molecule is C[SiH](C)CCC(O)O. The van der Waals surface area contributed by atoms with Crippen molar-refractivity contribution in [2.24, 2.45) is 0 Å². The zero-order chi connectivity index (χ0) is 6.57. The lowest BCUT2D eigenvalue weighted by atomic mass is 10.5. The van der Waals surface area contributed by atoms with Crippen molar-refractivity contribution < 1.29 is 10.2 Å². The summed E-state index contributed by atoms with van der Waals surface area (Å²) in [7, 11) is -0.547. The monoisotopic (exact) mass is 134 g/mol. The number of rotatable bonds is 3.